The molecule has 0 saturated carbocycles. The maximum atomic E-state index is 10.9. The first-order valence-corrected chi connectivity index (χ1v) is 13.6. The Labute approximate surface area is 213 Å². The average molecular weight is 491 g/mol. The van der Waals surface area contributed by atoms with Crippen molar-refractivity contribution in [2.24, 2.45) is 5.92 Å². The molecule has 1 aliphatic heterocycles. The van der Waals surface area contributed by atoms with Gasteiger partial charge >= 0.3 is 5.97 Å². The Morgan fingerprint density at radius 1 is 1.29 bits per heavy atom. The van der Waals surface area contributed by atoms with Crippen molar-refractivity contribution >= 4 is 5.97 Å². The van der Waals surface area contributed by atoms with Crippen LogP contribution in [-0.4, -0.2) is 44.2 Å². The van der Waals surface area contributed by atoms with Gasteiger partial charge in [0.1, 0.15) is 5.60 Å². The average Bonchev–Trinajstić information content (AvgIpc) is 2.78. The predicted octanol–water partition coefficient (Wildman–Crippen LogP) is 6.88. The van der Waals surface area contributed by atoms with Crippen LogP contribution in [-0.2, 0) is 9.53 Å². The number of allylic oxidation sites excluding steroid dienone is 1. The fourth-order valence-corrected chi connectivity index (χ4v) is 5.88. The van der Waals surface area contributed by atoms with Crippen LogP contribution in [0, 0.1) is 5.92 Å². The van der Waals surface area contributed by atoms with Gasteiger partial charge in [0.25, 0.3) is 0 Å². The molecule has 5 atom stereocenters. The van der Waals surface area contributed by atoms with E-state index in [1.165, 1.54) is 11.1 Å². The van der Waals surface area contributed by atoms with Crippen LogP contribution in [0.5, 0.6) is 0 Å². The first-order valence-electron chi connectivity index (χ1n) is 13.6. The van der Waals surface area contributed by atoms with Gasteiger partial charge in [0.15, 0.2) is 0 Å². The van der Waals surface area contributed by atoms with Gasteiger partial charge in [0.05, 0.1) is 17.3 Å². The fourth-order valence-electron chi connectivity index (χ4n) is 5.88. The van der Waals surface area contributed by atoms with Gasteiger partial charge in [0, 0.05) is 5.57 Å². The molecule has 1 heterocycles. The van der Waals surface area contributed by atoms with E-state index in [1.807, 2.05) is 19.9 Å². The molecule has 2 aliphatic rings. The lowest BCUT2D eigenvalue weighted by atomic mass is 9.70. The van der Waals surface area contributed by atoms with E-state index in [0.29, 0.717) is 24.3 Å². The van der Waals surface area contributed by atoms with Gasteiger partial charge in [-0.25, -0.2) is 4.79 Å². The number of hydrogen-bond acceptors (Lipinski definition) is 4. The topological polar surface area (TPSA) is 87.0 Å². The van der Waals surface area contributed by atoms with Gasteiger partial charge in [-0.1, -0.05) is 45.6 Å². The van der Waals surface area contributed by atoms with Crippen molar-refractivity contribution in [2.75, 3.05) is 0 Å². The zero-order chi connectivity index (χ0) is 26.4. The van der Waals surface area contributed by atoms with E-state index in [1.54, 1.807) is 13.0 Å². The summed E-state index contributed by atoms with van der Waals surface area (Å²) in [4.78, 5) is 10.9. The zero-order valence-corrected chi connectivity index (χ0v) is 23.2. The number of aliphatic hydroxyl groups is 2. The van der Waals surface area contributed by atoms with Gasteiger partial charge in [-0.3, -0.25) is 0 Å². The van der Waals surface area contributed by atoms with E-state index in [-0.39, 0.29) is 11.2 Å². The van der Waals surface area contributed by atoms with E-state index in [0.717, 1.165) is 63.4 Å². The molecule has 0 aromatic heterocycles. The monoisotopic (exact) mass is 490 g/mol. The smallest absolute Gasteiger partial charge is 0.330 e. The Kier molecular flexibility index (Phi) is 10.4. The Morgan fingerprint density at radius 2 is 1.94 bits per heavy atom. The molecule has 2 rings (SSSR count). The van der Waals surface area contributed by atoms with Crippen molar-refractivity contribution in [3.63, 3.8) is 0 Å². The van der Waals surface area contributed by atoms with Crippen LogP contribution < -0.4 is 0 Å². The Balaban J connectivity index is 1.79. The lowest BCUT2D eigenvalue weighted by Gasteiger charge is -2.51. The van der Waals surface area contributed by atoms with E-state index in [9.17, 15) is 15.0 Å². The summed E-state index contributed by atoms with van der Waals surface area (Å²) in [5, 5.41) is 30.0. The minimum Gasteiger partial charge on any atom is -0.478 e. The van der Waals surface area contributed by atoms with E-state index in [2.05, 4.69) is 27.7 Å². The number of fused-ring (bicyclic) bond motifs is 1. The highest BCUT2D eigenvalue weighted by Crippen LogP contribution is 2.50. The maximum absolute atomic E-state index is 10.9. The molecule has 3 N–H and O–H groups in total. The molecule has 5 nitrogen and oxygen atoms in total. The number of aliphatic carboxylic acids is 1. The second kappa shape index (κ2) is 12.2. The number of rotatable bonds is 13. The molecular weight excluding hydrogens is 440 g/mol. The second-order valence-electron chi connectivity index (χ2n) is 11.8. The number of carboxylic acid groups (broad SMARTS) is 1. The van der Waals surface area contributed by atoms with Crippen molar-refractivity contribution in [2.45, 2.75) is 142 Å². The van der Waals surface area contributed by atoms with Crippen molar-refractivity contribution in [1.29, 1.82) is 0 Å². The predicted molar refractivity (Wildman–Crippen MR) is 142 cm³/mol. The molecule has 1 fully saturated rings. The highest BCUT2D eigenvalue weighted by Gasteiger charge is 2.48. The molecule has 1 saturated heterocycles. The van der Waals surface area contributed by atoms with Crippen molar-refractivity contribution in [3.8, 4) is 0 Å². The number of hydrogen-bond donors (Lipinski definition) is 3. The second-order valence-corrected chi connectivity index (χ2v) is 11.8. The number of carbonyl (C=O) groups is 1. The standard InChI is InChI=1S/C30H50O5/c1-8-30-24(5)23(4)26(31)20-25(30)15-19-29(7,35-30)18-10-13-21(2)12-9-16-28(6,34)17-11-14-22(3)27(32)33/h14,20-21,26,31,34H,8-13,15-19H2,1-7H3,(H,32,33). The normalized spacial score (nSPS) is 29.9. The van der Waals surface area contributed by atoms with Crippen LogP contribution in [0.1, 0.15) is 119 Å². The lowest BCUT2D eigenvalue weighted by Crippen LogP contribution is -2.51. The summed E-state index contributed by atoms with van der Waals surface area (Å²) in [5.41, 5.74) is 2.54. The third-order valence-corrected chi connectivity index (χ3v) is 8.65. The number of carboxylic acids is 1. The Morgan fingerprint density at radius 3 is 2.57 bits per heavy atom. The minimum absolute atomic E-state index is 0.151. The third-order valence-electron chi connectivity index (χ3n) is 8.65. The molecule has 5 unspecified atom stereocenters. The molecule has 0 spiro atoms. The summed E-state index contributed by atoms with van der Waals surface area (Å²) < 4.78 is 6.91. The Hall–Kier alpha value is -1.43. The minimum atomic E-state index is -0.896. The largest absolute Gasteiger partial charge is 0.478 e. The summed E-state index contributed by atoms with van der Waals surface area (Å²) in [7, 11) is 0. The van der Waals surface area contributed by atoms with Crippen molar-refractivity contribution in [1.82, 2.24) is 0 Å². The highest BCUT2D eigenvalue weighted by atomic mass is 16.5. The fraction of sp³-hybridized carbons (Fsp3) is 0.767. The van der Waals surface area contributed by atoms with Crippen LogP contribution in [0.15, 0.2) is 34.4 Å². The molecule has 0 aromatic carbocycles. The molecule has 5 heteroatoms. The van der Waals surface area contributed by atoms with Crippen LogP contribution in [0.4, 0.5) is 0 Å². The Bertz CT molecular complexity index is 836. The van der Waals surface area contributed by atoms with Crippen LogP contribution in [0.25, 0.3) is 0 Å². The van der Waals surface area contributed by atoms with Gasteiger partial charge < -0.3 is 20.1 Å². The molecule has 0 aromatic rings. The molecule has 0 amide bonds. The molecular formula is C30H50O5. The summed E-state index contributed by atoms with van der Waals surface area (Å²) in [6.45, 7) is 14.3. The molecule has 0 bridgehead atoms. The summed E-state index contributed by atoms with van der Waals surface area (Å²) in [6.07, 6.45) is 13.4. The maximum Gasteiger partial charge on any atom is 0.330 e. The van der Waals surface area contributed by atoms with Crippen molar-refractivity contribution < 1.29 is 24.9 Å². The van der Waals surface area contributed by atoms with E-state index < -0.39 is 17.7 Å². The van der Waals surface area contributed by atoms with Crippen molar-refractivity contribution in [3.05, 3.63) is 34.4 Å². The number of ether oxygens (including phenoxy) is 1. The highest BCUT2D eigenvalue weighted by molar-refractivity contribution is 5.85. The van der Waals surface area contributed by atoms with Gasteiger partial charge in [-0.2, -0.15) is 0 Å². The third kappa shape index (κ3) is 7.77. The first kappa shape index (κ1) is 29.8. The van der Waals surface area contributed by atoms with Gasteiger partial charge in [-0.05, 0) is 108 Å². The van der Waals surface area contributed by atoms with Crippen LogP contribution in [0.2, 0.25) is 0 Å². The van der Waals surface area contributed by atoms with E-state index >= 15 is 0 Å². The van der Waals surface area contributed by atoms with Crippen LogP contribution >= 0.6 is 0 Å². The van der Waals surface area contributed by atoms with Gasteiger partial charge in [-0.15, -0.1) is 0 Å². The molecule has 35 heavy (non-hydrogen) atoms. The first-order chi connectivity index (χ1) is 16.3. The molecule has 200 valence electrons. The summed E-state index contributed by atoms with van der Waals surface area (Å²) in [6, 6.07) is 0. The molecule has 0 radical (unpaired) electrons. The van der Waals surface area contributed by atoms with E-state index in [4.69, 9.17) is 9.84 Å². The summed E-state index contributed by atoms with van der Waals surface area (Å²) >= 11 is 0. The SMILES string of the molecule is CCC12OC(C)(CCCC(C)CCCC(C)(O)CCC=C(C)C(=O)O)CCC1=CC(O)C(C)=C2C. The quantitative estimate of drug-likeness (QED) is 0.193. The number of aliphatic hydroxyl groups excluding tert-OH is 1. The molecule has 1 aliphatic carbocycles. The zero-order valence-electron chi connectivity index (χ0n) is 23.2. The summed E-state index contributed by atoms with van der Waals surface area (Å²) in [5.74, 6) is -0.302. The lowest BCUT2D eigenvalue weighted by molar-refractivity contribution is -0.144. The van der Waals surface area contributed by atoms with Gasteiger partial charge in [0.2, 0.25) is 0 Å². The van der Waals surface area contributed by atoms with Crippen LogP contribution in [0.3, 0.4) is 0 Å².